The Kier molecular flexibility index (Phi) is 9.24. The van der Waals surface area contributed by atoms with Gasteiger partial charge in [0.1, 0.15) is 22.9 Å². The molecule has 0 aliphatic carbocycles. The SMILES string of the molecule is CCCCCCOc1ccc(C2c3c(-c4c(C)cc(C)cc4O)n[nH]c3C(=O)N2CCc2ccc(OC)c(OC)c2)cc1. The standard InChI is InChI=1S/C35H41N3O5/c1-6-7-8-9-18-43-26-13-11-25(12-14-26)34-31-32(30-23(3)19-22(2)20-27(30)39)36-37-33(31)35(40)38(34)17-16-24-10-15-28(41-4)29(21-24)42-5/h10-15,19-21,34,39H,6-9,16-18H2,1-5H3,(H,36,37). The van der Waals surface area contributed by atoms with Crippen LogP contribution < -0.4 is 14.2 Å². The van der Waals surface area contributed by atoms with Gasteiger partial charge in [0, 0.05) is 17.7 Å². The molecule has 0 saturated carbocycles. The number of amides is 1. The van der Waals surface area contributed by atoms with Gasteiger partial charge in [-0.15, -0.1) is 0 Å². The molecule has 226 valence electrons. The molecule has 4 aromatic rings. The zero-order valence-electron chi connectivity index (χ0n) is 25.7. The molecule has 0 bridgehead atoms. The van der Waals surface area contributed by atoms with Crippen LogP contribution in [-0.4, -0.2) is 53.5 Å². The largest absolute Gasteiger partial charge is 0.507 e. The number of H-pyrrole nitrogens is 1. The monoisotopic (exact) mass is 583 g/mol. The number of benzene rings is 3. The van der Waals surface area contributed by atoms with E-state index in [1.165, 1.54) is 12.8 Å². The minimum Gasteiger partial charge on any atom is -0.507 e. The number of carbonyl (C=O) groups is 1. The molecular weight excluding hydrogens is 542 g/mol. The first-order valence-electron chi connectivity index (χ1n) is 15.0. The molecule has 1 amide bonds. The summed E-state index contributed by atoms with van der Waals surface area (Å²) in [5.41, 5.74) is 6.27. The summed E-state index contributed by atoms with van der Waals surface area (Å²) in [6.45, 7) is 7.25. The van der Waals surface area contributed by atoms with E-state index in [1.54, 1.807) is 20.3 Å². The van der Waals surface area contributed by atoms with Crippen molar-refractivity contribution >= 4 is 5.91 Å². The summed E-state index contributed by atoms with van der Waals surface area (Å²) >= 11 is 0. The van der Waals surface area contributed by atoms with Gasteiger partial charge in [0.2, 0.25) is 0 Å². The van der Waals surface area contributed by atoms with Crippen molar-refractivity contribution in [3.05, 3.63) is 88.1 Å². The molecule has 1 aliphatic heterocycles. The summed E-state index contributed by atoms with van der Waals surface area (Å²) in [6.07, 6.45) is 5.20. The van der Waals surface area contributed by atoms with Gasteiger partial charge >= 0.3 is 0 Å². The molecule has 8 heteroatoms. The van der Waals surface area contributed by atoms with Gasteiger partial charge in [-0.2, -0.15) is 5.10 Å². The fourth-order valence-corrected chi connectivity index (χ4v) is 5.97. The zero-order chi connectivity index (χ0) is 30.5. The molecule has 0 radical (unpaired) electrons. The molecule has 1 aromatic heterocycles. The summed E-state index contributed by atoms with van der Waals surface area (Å²) in [5, 5.41) is 18.6. The topological polar surface area (TPSA) is 96.9 Å². The predicted octanol–water partition coefficient (Wildman–Crippen LogP) is 7.16. The van der Waals surface area contributed by atoms with Crippen molar-refractivity contribution in [2.24, 2.45) is 0 Å². The second-order valence-electron chi connectivity index (χ2n) is 11.2. The van der Waals surface area contributed by atoms with Crippen molar-refractivity contribution in [3.63, 3.8) is 0 Å². The average Bonchev–Trinajstić information content (AvgIpc) is 3.54. The van der Waals surface area contributed by atoms with E-state index in [2.05, 4.69) is 17.1 Å². The molecule has 0 spiro atoms. The number of carbonyl (C=O) groups excluding carboxylic acids is 1. The molecule has 2 N–H and O–H groups in total. The van der Waals surface area contributed by atoms with E-state index in [4.69, 9.17) is 14.2 Å². The number of rotatable bonds is 13. The third-order valence-electron chi connectivity index (χ3n) is 8.11. The van der Waals surface area contributed by atoms with Crippen LogP contribution in [-0.2, 0) is 6.42 Å². The highest BCUT2D eigenvalue weighted by atomic mass is 16.5. The van der Waals surface area contributed by atoms with E-state index in [-0.39, 0.29) is 11.7 Å². The van der Waals surface area contributed by atoms with Gasteiger partial charge in [-0.3, -0.25) is 9.89 Å². The van der Waals surface area contributed by atoms with Gasteiger partial charge < -0.3 is 24.2 Å². The lowest BCUT2D eigenvalue weighted by atomic mass is 9.93. The number of ether oxygens (including phenoxy) is 3. The van der Waals surface area contributed by atoms with Gasteiger partial charge in [0.15, 0.2) is 11.5 Å². The predicted molar refractivity (Wildman–Crippen MR) is 167 cm³/mol. The van der Waals surface area contributed by atoms with Gasteiger partial charge in [0.05, 0.1) is 26.9 Å². The van der Waals surface area contributed by atoms with E-state index in [0.717, 1.165) is 46.4 Å². The van der Waals surface area contributed by atoms with Crippen molar-refractivity contribution in [1.82, 2.24) is 15.1 Å². The Hall–Kier alpha value is -4.46. The minimum atomic E-state index is -0.393. The maximum atomic E-state index is 13.9. The van der Waals surface area contributed by atoms with Crippen molar-refractivity contribution in [1.29, 1.82) is 0 Å². The number of phenolic OH excluding ortho intramolecular Hbond substituents is 1. The van der Waals surface area contributed by atoms with E-state index in [0.29, 0.717) is 48.0 Å². The van der Waals surface area contributed by atoms with Gasteiger partial charge in [-0.05, 0) is 79.3 Å². The number of hydrogen-bond donors (Lipinski definition) is 2. The summed E-state index contributed by atoms with van der Waals surface area (Å²) in [4.78, 5) is 15.8. The maximum absolute atomic E-state index is 13.9. The summed E-state index contributed by atoms with van der Waals surface area (Å²) in [7, 11) is 3.23. The summed E-state index contributed by atoms with van der Waals surface area (Å²) in [5.74, 6) is 2.14. The Balaban J connectivity index is 1.49. The van der Waals surface area contributed by atoms with E-state index in [1.807, 2.05) is 67.3 Å². The van der Waals surface area contributed by atoms with E-state index < -0.39 is 6.04 Å². The lowest BCUT2D eigenvalue weighted by molar-refractivity contribution is 0.0746. The number of aromatic nitrogens is 2. The number of aromatic hydroxyl groups is 1. The number of hydrogen-bond acceptors (Lipinski definition) is 6. The minimum absolute atomic E-state index is 0.125. The molecule has 1 atom stereocenters. The number of fused-ring (bicyclic) bond motifs is 1. The summed E-state index contributed by atoms with van der Waals surface area (Å²) < 4.78 is 16.9. The van der Waals surface area contributed by atoms with Crippen molar-refractivity contribution in [3.8, 4) is 34.3 Å². The first-order valence-corrected chi connectivity index (χ1v) is 15.0. The van der Waals surface area contributed by atoms with E-state index in [9.17, 15) is 9.90 Å². The Labute approximate surface area is 253 Å². The molecule has 1 unspecified atom stereocenters. The smallest absolute Gasteiger partial charge is 0.273 e. The van der Waals surface area contributed by atoms with Crippen LogP contribution in [0.1, 0.15) is 77.0 Å². The fraction of sp³-hybridized carbons (Fsp3) is 0.371. The molecular formula is C35H41N3O5. The molecule has 1 aliphatic rings. The molecule has 8 nitrogen and oxygen atoms in total. The maximum Gasteiger partial charge on any atom is 0.273 e. The van der Waals surface area contributed by atoms with Crippen molar-refractivity contribution in [2.45, 2.75) is 58.9 Å². The highest BCUT2D eigenvalue weighted by molar-refractivity contribution is 6.00. The number of nitrogens with one attached hydrogen (secondary N) is 1. The number of methoxy groups -OCH3 is 2. The van der Waals surface area contributed by atoms with Gasteiger partial charge in [-0.25, -0.2) is 0 Å². The van der Waals surface area contributed by atoms with Crippen molar-refractivity contribution < 1.29 is 24.1 Å². The van der Waals surface area contributed by atoms with Gasteiger partial charge in [0.25, 0.3) is 5.91 Å². The van der Waals surface area contributed by atoms with Crippen LogP contribution in [0.25, 0.3) is 11.3 Å². The number of aryl methyl sites for hydroxylation is 2. The number of aromatic amines is 1. The van der Waals surface area contributed by atoms with Crippen LogP contribution >= 0.6 is 0 Å². The molecule has 0 fully saturated rings. The van der Waals surface area contributed by atoms with Gasteiger partial charge in [-0.1, -0.05) is 50.5 Å². The quantitative estimate of drug-likeness (QED) is 0.162. The highest BCUT2D eigenvalue weighted by Crippen LogP contribution is 2.46. The number of phenols is 1. The molecule has 3 aromatic carbocycles. The van der Waals surface area contributed by atoms with Crippen LogP contribution in [0.5, 0.6) is 23.0 Å². The normalized spacial score (nSPS) is 14.2. The number of nitrogens with zero attached hydrogens (tertiary/aromatic N) is 2. The second kappa shape index (κ2) is 13.2. The van der Waals surface area contributed by atoms with Crippen molar-refractivity contribution in [2.75, 3.05) is 27.4 Å². The van der Waals surface area contributed by atoms with Crippen LogP contribution in [0.15, 0.2) is 54.6 Å². The molecule has 43 heavy (non-hydrogen) atoms. The Morgan fingerprint density at radius 3 is 2.42 bits per heavy atom. The second-order valence-corrected chi connectivity index (χ2v) is 11.2. The lowest BCUT2D eigenvalue weighted by Crippen LogP contribution is -2.31. The highest BCUT2D eigenvalue weighted by Gasteiger charge is 2.42. The van der Waals surface area contributed by atoms with Crippen LogP contribution in [0.3, 0.4) is 0 Å². The third kappa shape index (κ3) is 6.19. The first kappa shape index (κ1) is 30.0. The molecule has 0 saturated heterocycles. The third-order valence-corrected chi connectivity index (χ3v) is 8.11. The number of unbranched alkanes of at least 4 members (excludes halogenated alkanes) is 3. The summed E-state index contributed by atoms with van der Waals surface area (Å²) in [6, 6.07) is 17.2. The average molecular weight is 584 g/mol. The molecule has 2 heterocycles. The van der Waals surface area contributed by atoms with Crippen LogP contribution in [0.4, 0.5) is 0 Å². The van der Waals surface area contributed by atoms with Crippen LogP contribution in [0, 0.1) is 13.8 Å². The Bertz CT molecular complexity index is 1550. The molecule has 5 rings (SSSR count). The fourth-order valence-electron chi connectivity index (χ4n) is 5.97. The van der Waals surface area contributed by atoms with Crippen LogP contribution in [0.2, 0.25) is 0 Å². The Morgan fingerprint density at radius 1 is 0.953 bits per heavy atom. The lowest BCUT2D eigenvalue weighted by Gasteiger charge is -2.27. The van der Waals surface area contributed by atoms with E-state index >= 15 is 0 Å². The zero-order valence-corrected chi connectivity index (χ0v) is 25.7. The Morgan fingerprint density at radius 2 is 1.72 bits per heavy atom. The first-order chi connectivity index (χ1) is 20.9.